The molecule has 2 aromatic carbocycles. The molecule has 8 nitrogen and oxygen atoms in total. The highest BCUT2D eigenvalue weighted by atomic mass is 35.5. The Morgan fingerprint density at radius 3 is 2.76 bits per heavy atom. The number of halogens is 2. The minimum atomic E-state index is -0.788. The van der Waals surface area contributed by atoms with Crippen LogP contribution in [0.1, 0.15) is 31.7 Å². The quantitative estimate of drug-likeness (QED) is 0.569. The van der Waals surface area contributed by atoms with E-state index in [1.807, 2.05) is 17.9 Å². The molecule has 1 aromatic heterocycles. The van der Waals surface area contributed by atoms with Crippen molar-refractivity contribution in [3.8, 4) is 11.4 Å². The van der Waals surface area contributed by atoms with Crippen LogP contribution in [0.3, 0.4) is 0 Å². The van der Waals surface area contributed by atoms with Crippen molar-refractivity contribution >= 4 is 35.2 Å². The normalized spacial score (nSPS) is 26.1. The van der Waals surface area contributed by atoms with Crippen molar-refractivity contribution in [2.24, 2.45) is 4.99 Å². The van der Waals surface area contributed by atoms with Crippen molar-refractivity contribution in [1.29, 1.82) is 0 Å². The molecule has 3 unspecified atom stereocenters. The van der Waals surface area contributed by atoms with Gasteiger partial charge in [0.1, 0.15) is 17.6 Å². The summed E-state index contributed by atoms with van der Waals surface area (Å²) in [6, 6.07) is 9.81. The summed E-state index contributed by atoms with van der Waals surface area (Å²) in [5, 5.41) is 4.55. The summed E-state index contributed by atoms with van der Waals surface area (Å²) < 4.78 is 24.8. The number of anilines is 2. The van der Waals surface area contributed by atoms with E-state index in [4.69, 9.17) is 20.9 Å². The molecule has 1 saturated heterocycles. The van der Waals surface area contributed by atoms with Gasteiger partial charge in [0.05, 0.1) is 17.7 Å². The van der Waals surface area contributed by atoms with Crippen molar-refractivity contribution in [2.45, 2.75) is 37.6 Å². The minimum absolute atomic E-state index is 0.182. The molecular formula is C23H19ClFN5O3. The standard InChI is InChI=1S/C23H19ClFN5O3/c1-23(9-2-10-32-23)30-17-11-14(24)5-8-16(17)29-12-26-18(19(29)22(30)31)21-27-20(28-33-21)13-3-6-15(25)7-4-13/h3-8,11-12,18-19H,2,9-10H2,1H3. The van der Waals surface area contributed by atoms with Crippen LogP contribution in [0.4, 0.5) is 15.8 Å². The lowest BCUT2D eigenvalue weighted by molar-refractivity contribution is -0.125. The lowest BCUT2D eigenvalue weighted by Gasteiger charge is -2.45. The molecule has 168 valence electrons. The van der Waals surface area contributed by atoms with Crippen molar-refractivity contribution in [3.05, 3.63) is 59.2 Å². The van der Waals surface area contributed by atoms with Crippen LogP contribution in [0.2, 0.25) is 5.02 Å². The Labute approximate surface area is 193 Å². The minimum Gasteiger partial charge on any atom is -0.355 e. The SMILES string of the molecule is CC1(N2C(=O)C3C(c4nc(-c5ccc(F)cc5)no4)N=CN3c3ccc(Cl)cc32)CCCO1. The van der Waals surface area contributed by atoms with Crippen LogP contribution in [0.25, 0.3) is 11.4 Å². The first-order valence-electron chi connectivity index (χ1n) is 10.6. The van der Waals surface area contributed by atoms with Gasteiger partial charge >= 0.3 is 0 Å². The van der Waals surface area contributed by atoms with E-state index in [1.54, 1.807) is 35.5 Å². The summed E-state index contributed by atoms with van der Waals surface area (Å²) in [5.41, 5.74) is 1.29. The second-order valence-corrected chi connectivity index (χ2v) is 8.89. The van der Waals surface area contributed by atoms with E-state index in [0.717, 1.165) is 12.1 Å². The number of nitrogens with zero attached hydrogens (tertiary/aromatic N) is 5. The molecule has 0 radical (unpaired) electrons. The number of benzene rings is 2. The summed E-state index contributed by atoms with van der Waals surface area (Å²) in [6.45, 7) is 2.50. The molecule has 3 aliphatic heterocycles. The fourth-order valence-corrected chi connectivity index (χ4v) is 4.93. The van der Waals surface area contributed by atoms with Gasteiger partial charge in [0.2, 0.25) is 5.82 Å². The zero-order valence-corrected chi connectivity index (χ0v) is 18.4. The summed E-state index contributed by atoms with van der Waals surface area (Å²) in [4.78, 5) is 26.4. The lowest BCUT2D eigenvalue weighted by Crippen LogP contribution is -2.60. The van der Waals surface area contributed by atoms with E-state index in [1.165, 1.54) is 12.1 Å². The molecule has 6 rings (SSSR count). The van der Waals surface area contributed by atoms with Crippen molar-refractivity contribution in [2.75, 3.05) is 16.4 Å². The maximum absolute atomic E-state index is 13.9. The van der Waals surface area contributed by atoms with Gasteiger partial charge in [-0.2, -0.15) is 4.98 Å². The first-order valence-corrected chi connectivity index (χ1v) is 11.0. The largest absolute Gasteiger partial charge is 0.355 e. The van der Waals surface area contributed by atoms with Gasteiger partial charge in [-0.1, -0.05) is 16.8 Å². The third kappa shape index (κ3) is 3.14. The maximum atomic E-state index is 13.9. The molecule has 0 bridgehead atoms. The number of aliphatic imine (C=N–C) groups is 1. The van der Waals surface area contributed by atoms with Gasteiger partial charge < -0.3 is 14.2 Å². The van der Waals surface area contributed by atoms with E-state index < -0.39 is 17.8 Å². The summed E-state index contributed by atoms with van der Waals surface area (Å²) >= 11 is 6.29. The number of carbonyl (C=O) groups is 1. The Morgan fingerprint density at radius 1 is 1.18 bits per heavy atom. The molecule has 0 aliphatic carbocycles. The van der Waals surface area contributed by atoms with E-state index in [9.17, 15) is 9.18 Å². The highest BCUT2D eigenvalue weighted by Gasteiger charge is 2.53. The molecule has 4 heterocycles. The smallest absolute Gasteiger partial charge is 0.255 e. The topological polar surface area (TPSA) is 84.1 Å². The third-order valence-corrected chi connectivity index (χ3v) is 6.58. The Kier molecular flexibility index (Phi) is 4.53. The number of hydrogen-bond donors (Lipinski definition) is 0. The average molecular weight is 468 g/mol. The zero-order valence-electron chi connectivity index (χ0n) is 17.6. The number of ether oxygens (including phenoxy) is 1. The fraction of sp³-hybridized carbons (Fsp3) is 0.304. The molecule has 10 heteroatoms. The summed E-state index contributed by atoms with van der Waals surface area (Å²) in [6.07, 6.45) is 3.18. The second-order valence-electron chi connectivity index (χ2n) is 8.46. The van der Waals surface area contributed by atoms with Crippen LogP contribution in [0, 0.1) is 5.82 Å². The number of rotatable bonds is 3. The van der Waals surface area contributed by atoms with Crippen LogP contribution in [0.5, 0.6) is 0 Å². The molecule has 0 spiro atoms. The van der Waals surface area contributed by atoms with Crippen LogP contribution >= 0.6 is 11.6 Å². The van der Waals surface area contributed by atoms with Crippen molar-refractivity contribution in [1.82, 2.24) is 10.1 Å². The number of fused-ring (bicyclic) bond motifs is 3. The van der Waals surface area contributed by atoms with Crippen LogP contribution in [0.15, 0.2) is 52.0 Å². The zero-order chi connectivity index (χ0) is 22.7. The maximum Gasteiger partial charge on any atom is 0.255 e. The first kappa shape index (κ1) is 20.3. The lowest BCUT2D eigenvalue weighted by atomic mass is 9.97. The number of hydrogen-bond acceptors (Lipinski definition) is 7. The van der Waals surface area contributed by atoms with Gasteiger partial charge in [0, 0.05) is 17.2 Å². The second kappa shape index (κ2) is 7.36. The molecule has 33 heavy (non-hydrogen) atoms. The van der Waals surface area contributed by atoms with E-state index in [-0.39, 0.29) is 17.6 Å². The van der Waals surface area contributed by atoms with Crippen LogP contribution < -0.4 is 9.80 Å². The number of amides is 1. The molecule has 1 fully saturated rings. The molecule has 0 saturated carbocycles. The fourth-order valence-electron chi connectivity index (χ4n) is 4.76. The van der Waals surface area contributed by atoms with Crippen LogP contribution in [-0.2, 0) is 9.53 Å². The molecule has 3 aromatic rings. The monoisotopic (exact) mass is 467 g/mol. The summed E-state index contributed by atoms with van der Waals surface area (Å²) in [5.74, 6) is -0.0238. The Bertz CT molecular complexity index is 1270. The predicted octanol–water partition coefficient (Wildman–Crippen LogP) is 4.36. The average Bonchev–Trinajstić information content (AvgIpc) is 3.54. The van der Waals surface area contributed by atoms with Crippen molar-refractivity contribution in [3.63, 3.8) is 0 Å². The Balaban J connectivity index is 1.40. The summed E-state index contributed by atoms with van der Waals surface area (Å²) in [7, 11) is 0. The molecule has 1 amide bonds. The molecule has 3 atom stereocenters. The molecule has 0 N–H and O–H groups in total. The van der Waals surface area contributed by atoms with Gasteiger partial charge in [0.25, 0.3) is 11.8 Å². The Morgan fingerprint density at radius 2 is 2.00 bits per heavy atom. The van der Waals surface area contributed by atoms with E-state index in [0.29, 0.717) is 35.1 Å². The highest BCUT2D eigenvalue weighted by Crippen LogP contribution is 2.47. The Hall–Kier alpha value is -3.30. The van der Waals surface area contributed by atoms with Crippen molar-refractivity contribution < 1.29 is 18.4 Å². The number of carbonyl (C=O) groups excluding carboxylic acids is 1. The third-order valence-electron chi connectivity index (χ3n) is 6.35. The highest BCUT2D eigenvalue weighted by molar-refractivity contribution is 6.31. The van der Waals surface area contributed by atoms with Gasteiger partial charge in [-0.3, -0.25) is 14.7 Å². The van der Waals surface area contributed by atoms with Gasteiger partial charge in [-0.15, -0.1) is 0 Å². The first-order chi connectivity index (χ1) is 15.9. The molecular weight excluding hydrogens is 449 g/mol. The van der Waals surface area contributed by atoms with Gasteiger partial charge in [-0.25, -0.2) is 4.39 Å². The van der Waals surface area contributed by atoms with Gasteiger partial charge in [0.15, 0.2) is 6.04 Å². The van der Waals surface area contributed by atoms with E-state index >= 15 is 0 Å². The van der Waals surface area contributed by atoms with E-state index in [2.05, 4.69) is 15.1 Å². The predicted molar refractivity (Wildman–Crippen MR) is 120 cm³/mol. The molecule has 3 aliphatic rings. The van der Waals surface area contributed by atoms with Gasteiger partial charge in [-0.05, 0) is 62.2 Å². The van der Waals surface area contributed by atoms with Crippen LogP contribution in [-0.4, -0.2) is 40.8 Å². The number of aromatic nitrogens is 2.